The molecule has 2 heterocycles. The Labute approximate surface area is 185 Å². The zero-order valence-corrected chi connectivity index (χ0v) is 17.9. The highest BCUT2D eigenvalue weighted by molar-refractivity contribution is 6.62. The Hall–Kier alpha value is -2.64. The number of benzene rings is 1. The van der Waals surface area contributed by atoms with Gasteiger partial charge < -0.3 is 41.3 Å². The number of carbonyl (C=O) groups is 2. The van der Waals surface area contributed by atoms with Crippen LogP contribution in [0.15, 0.2) is 24.3 Å². The molecule has 174 valence electrons. The topological polar surface area (TPSA) is 182 Å². The van der Waals surface area contributed by atoms with Gasteiger partial charge in [0.1, 0.15) is 23.0 Å². The summed E-state index contributed by atoms with van der Waals surface area (Å²) < 4.78 is 11.3. The third kappa shape index (κ3) is 3.95. The summed E-state index contributed by atoms with van der Waals surface area (Å²) in [5.41, 5.74) is 9.10. The summed E-state index contributed by atoms with van der Waals surface area (Å²) in [5.74, 6) is -2.41. The Bertz CT molecular complexity index is 962. The van der Waals surface area contributed by atoms with Crippen LogP contribution in [0.1, 0.15) is 28.8 Å². The van der Waals surface area contributed by atoms with Gasteiger partial charge in [-0.05, 0) is 30.3 Å². The number of rotatable bonds is 8. The Balaban J connectivity index is 1.44. The van der Waals surface area contributed by atoms with Crippen LogP contribution in [0.3, 0.4) is 0 Å². The largest absolute Gasteiger partial charge is 0.669 e. The second-order valence-electron chi connectivity index (χ2n) is 8.99. The molecule has 3 atom stereocenters. The highest BCUT2D eigenvalue weighted by atomic mass is 16.6. The Morgan fingerprint density at radius 3 is 2.69 bits per heavy atom. The number of nitrogens with two attached hydrogens (primary N) is 1. The number of aromatic carboxylic acids is 1. The van der Waals surface area contributed by atoms with E-state index in [0.717, 1.165) is 0 Å². The first-order chi connectivity index (χ1) is 15.0. The fraction of sp³-hybridized carbons (Fsp3) is 0.500. The monoisotopic (exact) mass is 448 g/mol. The standard InChI is InChI=1S/C20H28BN4O7/c1-20(23,19(28)24-7-6-22)10-25-8-11(9-25)31-15-5-3-13-12-2-4-14(12)21(29,30)32-17(13)16(15)18(26)27/h2-5,11-12,14,29-30H,6-10,22-23H2,1H3,(H,24,28)(H,26,27)/q-1/p+1/t12-,14-,20?/m1/s1. The van der Waals surface area contributed by atoms with Crippen LogP contribution in [0, 0.1) is 0 Å². The third-order valence-corrected chi connectivity index (χ3v) is 6.22. The smallest absolute Gasteiger partial charge is 0.438 e. The van der Waals surface area contributed by atoms with E-state index in [-0.39, 0.29) is 35.0 Å². The highest BCUT2D eigenvalue weighted by Gasteiger charge is 2.48. The van der Waals surface area contributed by atoms with Crippen molar-refractivity contribution in [2.24, 2.45) is 5.73 Å². The molecule has 11 nitrogen and oxygen atoms in total. The van der Waals surface area contributed by atoms with Crippen molar-refractivity contribution in [3.63, 3.8) is 0 Å². The number of allylic oxidation sites excluding steroid dienone is 2. The molecule has 1 aliphatic carbocycles. The van der Waals surface area contributed by atoms with Crippen molar-refractivity contribution in [1.82, 2.24) is 10.2 Å². The zero-order valence-electron chi connectivity index (χ0n) is 17.9. The van der Waals surface area contributed by atoms with Gasteiger partial charge in [-0.3, -0.25) is 9.69 Å². The van der Waals surface area contributed by atoms with Crippen LogP contribution in [-0.4, -0.2) is 83.1 Å². The van der Waals surface area contributed by atoms with E-state index in [1.54, 1.807) is 31.2 Å². The molecule has 1 unspecified atom stereocenters. The van der Waals surface area contributed by atoms with Crippen LogP contribution in [0.5, 0.6) is 11.5 Å². The SMILES string of the molecule is CC(N)(CN1CC(Oc2ccc3c(c2C(=O)O)O[B-](O)(O)[C@@H]2C=C[C@H]32)C1)C(=O)NCC[NH3+]. The molecule has 32 heavy (non-hydrogen) atoms. The molecule has 0 aromatic heterocycles. The Kier molecular flexibility index (Phi) is 5.67. The number of ether oxygens (including phenoxy) is 1. The van der Waals surface area contributed by atoms with Crippen molar-refractivity contribution in [1.29, 1.82) is 0 Å². The zero-order chi connectivity index (χ0) is 23.3. The summed E-state index contributed by atoms with van der Waals surface area (Å²) >= 11 is 0. The fourth-order valence-corrected chi connectivity index (χ4v) is 4.45. The number of fused-ring (bicyclic) bond motifs is 3. The van der Waals surface area contributed by atoms with Gasteiger partial charge in [0.05, 0.1) is 18.8 Å². The van der Waals surface area contributed by atoms with Crippen LogP contribution >= 0.6 is 0 Å². The predicted octanol–water partition coefficient (Wildman–Crippen LogP) is -2.14. The van der Waals surface area contributed by atoms with Gasteiger partial charge in [-0.2, -0.15) is 0 Å². The molecule has 0 bridgehead atoms. The molecule has 9 N–H and O–H groups in total. The van der Waals surface area contributed by atoms with E-state index in [4.69, 9.17) is 15.1 Å². The van der Waals surface area contributed by atoms with Gasteiger partial charge in [0.25, 0.3) is 0 Å². The molecule has 1 aromatic rings. The first-order valence-electron chi connectivity index (χ1n) is 10.7. The van der Waals surface area contributed by atoms with E-state index in [1.807, 2.05) is 4.90 Å². The second kappa shape index (κ2) is 8.05. The van der Waals surface area contributed by atoms with Crippen molar-refractivity contribution in [3.05, 3.63) is 35.4 Å². The molecule has 1 saturated heterocycles. The summed E-state index contributed by atoms with van der Waals surface area (Å²) in [7, 11) is 0. The molecule has 1 amide bonds. The average molecular weight is 448 g/mol. The summed E-state index contributed by atoms with van der Waals surface area (Å²) in [6, 6.07) is 3.27. The maximum absolute atomic E-state index is 12.2. The minimum atomic E-state index is -3.20. The number of hydrogen-bond acceptors (Lipinski definition) is 8. The van der Waals surface area contributed by atoms with E-state index >= 15 is 0 Å². The molecule has 0 spiro atoms. The number of nitrogens with zero attached hydrogens (tertiary/aromatic N) is 1. The first-order valence-corrected chi connectivity index (χ1v) is 10.7. The molecular formula is C20H29BN4O7. The van der Waals surface area contributed by atoms with Gasteiger partial charge in [0, 0.05) is 19.6 Å². The number of carboxylic acids is 1. The Morgan fingerprint density at radius 1 is 1.38 bits per heavy atom. The number of carboxylic acid groups (broad SMARTS) is 1. The normalized spacial score (nSPS) is 25.3. The average Bonchev–Trinajstić information content (AvgIpc) is 2.63. The van der Waals surface area contributed by atoms with Gasteiger partial charge >= 0.3 is 12.7 Å². The van der Waals surface area contributed by atoms with Gasteiger partial charge in [-0.1, -0.05) is 12.1 Å². The molecule has 4 rings (SSSR count). The maximum Gasteiger partial charge on any atom is 0.438 e. The summed E-state index contributed by atoms with van der Waals surface area (Å²) in [5, 5.41) is 33.0. The quantitative estimate of drug-likeness (QED) is 0.191. The number of nitrogens with one attached hydrogen (secondary N) is 1. The maximum atomic E-state index is 12.2. The summed E-state index contributed by atoms with van der Waals surface area (Å²) in [6.07, 6.45) is 3.14. The summed E-state index contributed by atoms with van der Waals surface area (Å²) in [6.45, 7) is 0.737. The van der Waals surface area contributed by atoms with E-state index in [0.29, 0.717) is 38.3 Å². The third-order valence-electron chi connectivity index (χ3n) is 6.22. The van der Waals surface area contributed by atoms with Crippen molar-refractivity contribution >= 4 is 18.6 Å². The van der Waals surface area contributed by atoms with Gasteiger partial charge in [-0.25, -0.2) is 4.79 Å². The van der Waals surface area contributed by atoms with E-state index in [1.165, 1.54) is 0 Å². The molecule has 12 heteroatoms. The molecular weight excluding hydrogens is 419 g/mol. The van der Waals surface area contributed by atoms with Crippen LogP contribution in [0.4, 0.5) is 0 Å². The van der Waals surface area contributed by atoms with Crippen LogP contribution in [-0.2, 0) is 4.79 Å². The van der Waals surface area contributed by atoms with Gasteiger partial charge in [-0.15, -0.1) is 6.08 Å². The lowest BCUT2D eigenvalue weighted by Crippen LogP contribution is -2.65. The highest BCUT2D eigenvalue weighted by Crippen LogP contribution is 2.54. The number of carbonyl (C=O) groups excluding carboxylic acids is 1. The lowest BCUT2D eigenvalue weighted by molar-refractivity contribution is -0.364. The molecule has 3 aliphatic rings. The van der Waals surface area contributed by atoms with Crippen LogP contribution < -0.4 is 26.2 Å². The van der Waals surface area contributed by atoms with Gasteiger partial charge in [0.2, 0.25) is 5.91 Å². The Morgan fingerprint density at radius 2 is 2.09 bits per heavy atom. The molecule has 1 fully saturated rings. The van der Waals surface area contributed by atoms with E-state index < -0.39 is 24.1 Å². The van der Waals surface area contributed by atoms with Crippen molar-refractivity contribution in [2.45, 2.75) is 30.3 Å². The minimum Gasteiger partial charge on any atom is -0.669 e. The molecule has 1 aromatic carbocycles. The van der Waals surface area contributed by atoms with E-state index in [2.05, 4.69) is 11.1 Å². The predicted molar refractivity (Wildman–Crippen MR) is 114 cm³/mol. The number of hydrogen-bond donors (Lipinski definition) is 6. The van der Waals surface area contributed by atoms with Crippen LogP contribution in [0.2, 0.25) is 5.82 Å². The first kappa shape index (κ1) is 22.6. The van der Waals surface area contributed by atoms with E-state index in [9.17, 15) is 24.7 Å². The van der Waals surface area contributed by atoms with Crippen LogP contribution in [0.25, 0.3) is 0 Å². The minimum absolute atomic E-state index is 0.0709. The lowest BCUT2D eigenvalue weighted by Gasteiger charge is -2.50. The summed E-state index contributed by atoms with van der Waals surface area (Å²) in [4.78, 5) is 26.1. The second-order valence-corrected chi connectivity index (χ2v) is 8.99. The van der Waals surface area contributed by atoms with Gasteiger partial charge in [0.15, 0.2) is 0 Å². The van der Waals surface area contributed by atoms with Crippen molar-refractivity contribution in [3.8, 4) is 11.5 Å². The molecule has 0 saturated carbocycles. The fourth-order valence-electron chi connectivity index (χ4n) is 4.45. The number of amides is 1. The number of likely N-dealkylation sites (tertiary alicyclic amines) is 1. The lowest BCUT2D eigenvalue weighted by atomic mass is 9.50. The molecule has 0 radical (unpaired) electrons. The van der Waals surface area contributed by atoms with Crippen molar-refractivity contribution in [2.75, 3.05) is 32.7 Å². The number of quaternary nitrogens is 1. The molecule has 2 aliphatic heterocycles. The van der Waals surface area contributed by atoms with Crippen molar-refractivity contribution < 1.29 is 39.9 Å².